The molecule has 27 heavy (non-hydrogen) atoms. The summed E-state index contributed by atoms with van der Waals surface area (Å²) in [6.07, 6.45) is 7.06. The van der Waals surface area contributed by atoms with Crippen LogP contribution in [0.5, 0.6) is 5.75 Å². The molecule has 0 aliphatic carbocycles. The Labute approximate surface area is 157 Å². The number of piperidine rings is 1. The lowest BCUT2D eigenvalue weighted by molar-refractivity contribution is -0.127. The number of hydrogen-bond acceptors (Lipinski definition) is 3. The summed E-state index contributed by atoms with van der Waals surface area (Å²) >= 11 is 0. The number of carbonyl (C=O) groups is 1. The van der Waals surface area contributed by atoms with Crippen molar-refractivity contribution in [2.75, 3.05) is 18.4 Å². The molecule has 1 saturated heterocycles. The SMILES string of the molecule is O=C(C1=Cc2ccccc2OC=C1)N1CCC[C@@H](Nc2ccc(F)cc2)C1. The molecule has 4 rings (SSSR count). The maximum Gasteiger partial charge on any atom is 0.254 e. The number of benzene rings is 2. The van der Waals surface area contributed by atoms with E-state index in [0.29, 0.717) is 12.1 Å². The van der Waals surface area contributed by atoms with E-state index in [1.165, 1.54) is 12.1 Å². The van der Waals surface area contributed by atoms with Gasteiger partial charge in [-0.2, -0.15) is 0 Å². The minimum Gasteiger partial charge on any atom is -0.464 e. The van der Waals surface area contributed by atoms with Crippen LogP contribution in [0.25, 0.3) is 6.08 Å². The van der Waals surface area contributed by atoms with E-state index < -0.39 is 0 Å². The predicted octanol–water partition coefficient (Wildman–Crippen LogP) is 4.22. The normalized spacial score (nSPS) is 18.8. The number of carbonyl (C=O) groups excluding carboxylic acids is 1. The van der Waals surface area contributed by atoms with Crippen molar-refractivity contribution in [1.82, 2.24) is 4.90 Å². The fourth-order valence-electron chi connectivity index (χ4n) is 3.48. The molecule has 1 fully saturated rings. The summed E-state index contributed by atoms with van der Waals surface area (Å²) in [6, 6.07) is 14.1. The van der Waals surface area contributed by atoms with E-state index in [2.05, 4.69) is 5.32 Å². The molecule has 0 radical (unpaired) electrons. The maximum absolute atomic E-state index is 13.1. The highest BCUT2D eigenvalue weighted by atomic mass is 19.1. The third kappa shape index (κ3) is 4.03. The highest BCUT2D eigenvalue weighted by Gasteiger charge is 2.25. The van der Waals surface area contributed by atoms with Crippen LogP contribution in [0.15, 0.2) is 66.4 Å². The third-order valence-corrected chi connectivity index (χ3v) is 4.84. The zero-order valence-corrected chi connectivity index (χ0v) is 14.9. The molecule has 138 valence electrons. The summed E-state index contributed by atoms with van der Waals surface area (Å²) < 4.78 is 18.7. The number of halogens is 1. The Bertz CT molecular complexity index is 889. The molecule has 1 N–H and O–H groups in total. The summed E-state index contributed by atoms with van der Waals surface area (Å²) in [6.45, 7) is 1.35. The number of rotatable bonds is 3. The molecule has 5 heteroatoms. The minimum absolute atomic E-state index is 0.00263. The monoisotopic (exact) mass is 364 g/mol. The first kappa shape index (κ1) is 17.3. The van der Waals surface area contributed by atoms with Gasteiger partial charge in [0.1, 0.15) is 11.6 Å². The number of nitrogens with zero attached hydrogens (tertiary/aromatic N) is 1. The molecule has 0 bridgehead atoms. The second-order valence-electron chi connectivity index (χ2n) is 6.80. The smallest absolute Gasteiger partial charge is 0.254 e. The number of fused-ring (bicyclic) bond motifs is 1. The molecule has 1 atom stereocenters. The second-order valence-corrected chi connectivity index (χ2v) is 6.80. The van der Waals surface area contributed by atoms with Crippen molar-refractivity contribution >= 4 is 17.7 Å². The van der Waals surface area contributed by atoms with Gasteiger partial charge in [-0.25, -0.2) is 4.39 Å². The maximum atomic E-state index is 13.1. The number of hydrogen-bond donors (Lipinski definition) is 1. The van der Waals surface area contributed by atoms with Crippen molar-refractivity contribution in [1.29, 1.82) is 0 Å². The van der Waals surface area contributed by atoms with Gasteiger partial charge in [-0.3, -0.25) is 4.79 Å². The van der Waals surface area contributed by atoms with Gasteiger partial charge in [-0.1, -0.05) is 18.2 Å². The van der Waals surface area contributed by atoms with Gasteiger partial charge in [0, 0.05) is 36.0 Å². The summed E-state index contributed by atoms with van der Waals surface area (Å²) in [5.41, 5.74) is 2.37. The van der Waals surface area contributed by atoms with E-state index in [1.807, 2.05) is 35.2 Å². The van der Waals surface area contributed by atoms with Gasteiger partial charge in [-0.05, 0) is 55.3 Å². The molecule has 1 amide bonds. The second kappa shape index (κ2) is 7.66. The summed E-state index contributed by atoms with van der Waals surface area (Å²) in [5, 5.41) is 3.40. The van der Waals surface area contributed by atoms with Gasteiger partial charge in [0.2, 0.25) is 0 Å². The average molecular weight is 364 g/mol. The number of anilines is 1. The Balaban J connectivity index is 1.47. The Morgan fingerprint density at radius 3 is 2.81 bits per heavy atom. The van der Waals surface area contributed by atoms with Gasteiger partial charge in [0.15, 0.2) is 0 Å². The molecule has 0 spiro atoms. The van der Waals surface area contributed by atoms with Crippen molar-refractivity contribution in [2.24, 2.45) is 0 Å². The van der Waals surface area contributed by atoms with Crippen LogP contribution in [0.3, 0.4) is 0 Å². The van der Waals surface area contributed by atoms with Crippen LogP contribution in [-0.4, -0.2) is 29.9 Å². The van der Waals surface area contributed by atoms with Gasteiger partial charge in [0.25, 0.3) is 5.91 Å². The first-order valence-electron chi connectivity index (χ1n) is 9.14. The van der Waals surface area contributed by atoms with E-state index in [4.69, 9.17) is 4.74 Å². The van der Waals surface area contributed by atoms with E-state index in [1.54, 1.807) is 24.5 Å². The Morgan fingerprint density at radius 1 is 1.15 bits per heavy atom. The number of para-hydroxylation sites is 1. The summed E-state index contributed by atoms with van der Waals surface area (Å²) in [5.74, 6) is 0.485. The van der Waals surface area contributed by atoms with Crippen LogP contribution >= 0.6 is 0 Å². The molecule has 2 aliphatic rings. The van der Waals surface area contributed by atoms with E-state index in [-0.39, 0.29) is 17.8 Å². The Morgan fingerprint density at radius 2 is 1.96 bits per heavy atom. The van der Waals surface area contributed by atoms with Crippen LogP contribution in [0, 0.1) is 5.82 Å². The molecule has 2 aromatic carbocycles. The zero-order chi connectivity index (χ0) is 18.6. The minimum atomic E-state index is -0.254. The fraction of sp³-hybridized carbons (Fsp3) is 0.227. The van der Waals surface area contributed by atoms with E-state index in [9.17, 15) is 9.18 Å². The molecule has 0 unspecified atom stereocenters. The van der Waals surface area contributed by atoms with Crippen LogP contribution in [-0.2, 0) is 4.79 Å². The highest BCUT2D eigenvalue weighted by molar-refractivity contribution is 6.01. The largest absolute Gasteiger partial charge is 0.464 e. The van der Waals surface area contributed by atoms with E-state index >= 15 is 0 Å². The molecule has 4 nitrogen and oxygen atoms in total. The molecule has 2 aromatic rings. The number of ether oxygens (including phenoxy) is 1. The molecule has 0 saturated carbocycles. The molecular weight excluding hydrogens is 343 g/mol. The van der Waals surface area contributed by atoms with Gasteiger partial charge in [-0.15, -0.1) is 0 Å². The number of amides is 1. The zero-order valence-electron chi connectivity index (χ0n) is 14.9. The number of likely N-dealkylation sites (tertiary alicyclic amines) is 1. The summed E-state index contributed by atoms with van der Waals surface area (Å²) in [4.78, 5) is 14.9. The first-order chi connectivity index (χ1) is 13.2. The van der Waals surface area contributed by atoms with Crippen LogP contribution in [0.1, 0.15) is 18.4 Å². The van der Waals surface area contributed by atoms with Crippen molar-refractivity contribution in [3.05, 3.63) is 77.8 Å². The summed E-state index contributed by atoms with van der Waals surface area (Å²) in [7, 11) is 0. The lowest BCUT2D eigenvalue weighted by atomic mass is 10.0. The topological polar surface area (TPSA) is 41.6 Å². The average Bonchev–Trinajstić information content (AvgIpc) is 2.92. The van der Waals surface area contributed by atoms with Crippen LogP contribution in [0.2, 0.25) is 0 Å². The van der Waals surface area contributed by atoms with Crippen molar-refractivity contribution in [2.45, 2.75) is 18.9 Å². The van der Waals surface area contributed by atoms with Gasteiger partial charge in [0.05, 0.1) is 6.26 Å². The van der Waals surface area contributed by atoms with Crippen molar-refractivity contribution in [3.8, 4) is 5.75 Å². The Hall–Kier alpha value is -3.08. The fourth-order valence-corrected chi connectivity index (χ4v) is 3.48. The van der Waals surface area contributed by atoms with Crippen molar-refractivity contribution in [3.63, 3.8) is 0 Å². The van der Waals surface area contributed by atoms with Gasteiger partial charge >= 0.3 is 0 Å². The standard InChI is InChI=1S/C22H21FN2O2/c23-18-7-9-19(10-8-18)24-20-5-3-12-25(15-20)22(26)17-11-13-27-21-6-2-1-4-16(21)14-17/h1-2,4,6-11,13-14,20,24H,3,5,12,15H2/t20-/m1/s1. The lowest BCUT2D eigenvalue weighted by Crippen LogP contribution is -2.45. The van der Waals surface area contributed by atoms with Crippen LogP contribution < -0.4 is 10.1 Å². The molecular formula is C22H21FN2O2. The van der Waals surface area contributed by atoms with E-state index in [0.717, 1.165) is 36.4 Å². The lowest BCUT2D eigenvalue weighted by Gasteiger charge is -2.34. The third-order valence-electron chi connectivity index (χ3n) is 4.84. The highest BCUT2D eigenvalue weighted by Crippen LogP contribution is 2.26. The van der Waals surface area contributed by atoms with Crippen molar-refractivity contribution < 1.29 is 13.9 Å². The quantitative estimate of drug-likeness (QED) is 0.887. The van der Waals surface area contributed by atoms with Gasteiger partial charge < -0.3 is 15.0 Å². The molecule has 2 aliphatic heterocycles. The number of nitrogens with one attached hydrogen (secondary N) is 1. The molecule has 0 aromatic heterocycles. The molecule has 2 heterocycles. The Kier molecular flexibility index (Phi) is 4.92. The first-order valence-corrected chi connectivity index (χ1v) is 9.14. The van der Waals surface area contributed by atoms with Crippen LogP contribution in [0.4, 0.5) is 10.1 Å². The predicted molar refractivity (Wildman–Crippen MR) is 104 cm³/mol.